The molecule has 0 aromatic heterocycles. The van der Waals surface area contributed by atoms with Crippen molar-refractivity contribution in [1.29, 1.82) is 0 Å². The van der Waals surface area contributed by atoms with E-state index in [1.165, 1.54) is 16.7 Å². The van der Waals surface area contributed by atoms with E-state index in [-0.39, 0.29) is 12.4 Å². The van der Waals surface area contributed by atoms with Gasteiger partial charge in [0.2, 0.25) is 0 Å². The van der Waals surface area contributed by atoms with Crippen molar-refractivity contribution in [3.05, 3.63) is 53.1 Å². The highest BCUT2D eigenvalue weighted by atomic mass is 35.5. The molecular formula is C20H27ClN2O2. The monoisotopic (exact) mass is 362 g/mol. The van der Waals surface area contributed by atoms with E-state index in [2.05, 4.69) is 29.2 Å². The van der Waals surface area contributed by atoms with Gasteiger partial charge in [0, 0.05) is 25.3 Å². The highest BCUT2D eigenvalue weighted by Crippen LogP contribution is 2.32. The van der Waals surface area contributed by atoms with Crippen LogP contribution >= 0.6 is 12.4 Å². The summed E-state index contributed by atoms with van der Waals surface area (Å²) in [5.74, 6) is 1.65. The predicted octanol–water partition coefficient (Wildman–Crippen LogP) is 3.35. The first-order chi connectivity index (χ1) is 11.7. The molecule has 0 saturated carbocycles. The van der Waals surface area contributed by atoms with Gasteiger partial charge in [-0.3, -0.25) is 0 Å². The maximum atomic E-state index is 5.75. The van der Waals surface area contributed by atoms with Gasteiger partial charge in [-0.05, 0) is 60.2 Å². The van der Waals surface area contributed by atoms with Crippen LogP contribution in [0.2, 0.25) is 0 Å². The van der Waals surface area contributed by atoms with E-state index in [1.807, 2.05) is 12.1 Å². The average Bonchev–Trinajstić information content (AvgIpc) is 2.82. The van der Waals surface area contributed by atoms with Crippen molar-refractivity contribution in [2.75, 3.05) is 39.6 Å². The van der Waals surface area contributed by atoms with E-state index in [0.717, 1.165) is 56.1 Å². The van der Waals surface area contributed by atoms with Crippen molar-refractivity contribution < 1.29 is 9.47 Å². The first-order valence-electron chi connectivity index (χ1n) is 8.50. The van der Waals surface area contributed by atoms with E-state index >= 15 is 0 Å². The fraction of sp³-hybridized carbons (Fsp3) is 0.400. The molecule has 0 aliphatic carbocycles. The van der Waals surface area contributed by atoms with Crippen LogP contribution in [0.5, 0.6) is 11.5 Å². The molecule has 0 amide bonds. The Labute approximate surface area is 156 Å². The van der Waals surface area contributed by atoms with E-state index in [1.54, 1.807) is 14.2 Å². The third-order valence-corrected chi connectivity index (χ3v) is 4.80. The fourth-order valence-corrected chi connectivity index (χ4v) is 3.29. The molecule has 0 saturated heterocycles. The van der Waals surface area contributed by atoms with Crippen LogP contribution in [0.15, 0.2) is 36.4 Å². The summed E-state index contributed by atoms with van der Waals surface area (Å²) in [5.41, 5.74) is 10.7. The minimum absolute atomic E-state index is 0. The second kappa shape index (κ2) is 8.97. The lowest BCUT2D eigenvalue weighted by molar-refractivity contribution is 0.291. The van der Waals surface area contributed by atoms with Gasteiger partial charge in [-0.15, -0.1) is 12.4 Å². The van der Waals surface area contributed by atoms with Crippen molar-refractivity contribution in [3.8, 4) is 11.5 Å². The Morgan fingerprint density at radius 1 is 0.920 bits per heavy atom. The summed E-state index contributed by atoms with van der Waals surface area (Å²) in [7, 11) is 3.39. The van der Waals surface area contributed by atoms with Crippen LogP contribution in [0.3, 0.4) is 0 Å². The number of hydrogen-bond donors (Lipinski definition) is 1. The Balaban J connectivity index is 0.00000225. The van der Waals surface area contributed by atoms with Crippen LogP contribution in [0, 0.1) is 0 Å². The van der Waals surface area contributed by atoms with Crippen molar-refractivity contribution in [1.82, 2.24) is 4.90 Å². The molecule has 1 aliphatic heterocycles. The molecule has 25 heavy (non-hydrogen) atoms. The van der Waals surface area contributed by atoms with Crippen molar-refractivity contribution >= 4 is 18.1 Å². The zero-order valence-corrected chi connectivity index (χ0v) is 15.8. The molecule has 1 aliphatic rings. The molecule has 2 aromatic rings. The highest BCUT2D eigenvalue weighted by molar-refractivity contribution is 5.85. The Kier molecular flexibility index (Phi) is 6.97. The largest absolute Gasteiger partial charge is 0.493 e. The molecule has 5 heteroatoms. The molecular weight excluding hydrogens is 336 g/mol. The van der Waals surface area contributed by atoms with Gasteiger partial charge in [0.15, 0.2) is 11.5 Å². The van der Waals surface area contributed by atoms with Gasteiger partial charge in [0.1, 0.15) is 0 Å². The number of methoxy groups -OCH3 is 2. The minimum Gasteiger partial charge on any atom is -0.493 e. The Morgan fingerprint density at radius 2 is 1.44 bits per heavy atom. The van der Waals surface area contributed by atoms with Gasteiger partial charge < -0.3 is 20.1 Å². The third-order valence-electron chi connectivity index (χ3n) is 4.80. The summed E-state index contributed by atoms with van der Waals surface area (Å²) in [5, 5.41) is 0. The second-order valence-corrected chi connectivity index (χ2v) is 6.31. The topological polar surface area (TPSA) is 47.7 Å². The maximum absolute atomic E-state index is 5.75. The molecule has 136 valence electrons. The molecule has 0 unspecified atom stereocenters. The molecule has 0 bridgehead atoms. The normalized spacial score (nSPS) is 14.2. The predicted molar refractivity (Wildman–Crippen MR) is 105 cm³/mol. The molecule has 2 N–H and O–H groups in total. The Morgan fingerprint density at radius 3 is 1.92 bits per heavy atom. The van der Waals surface area contributed by atoms with Crippen LogP contribution < -0.4 is 15.2 Å². The summed E-state index contributed by atoms with van der Waals surface area (Å²) >= 11 is 0. The van der Waals surface area contributed by atoms with E-state index in [0.29, 0.717) is 0 Å². The lowest BCUT2D eigenvalue weighted by Crippen LogP contribution is -2.28. The molecule has 3 rings (SSSR count). The van der Waals surface area contributed by atoms with Crippen molar-refractivity contribution in [3.63, 3.8) is 0 Å². The molecule has 2 aromatic carbocycles. The zero-order valence-electron chi connectivity index (χ0n) is 15.0. The summed E-state index contributed by atoms with van der Waals surface area (Å²) in [4.78, 5) is 2.54. The minimum atomic E-state index is 0. The molecule has 0 radical (unpaired) electrons. The lowest BCUT2D eigenvalue weighted by Gasteiger charge is -2.19. The third kappa shape index (κ3) is 4.80. The van der Waals surface area contributed by atoms with Gasteiger partial charge in [-0.1, -0.05) is 12.1 Å². The van der Waals surface area contributed by atoms with Gasteiger partial charge in [-0.25, -0.2) is 0 Å². The number of fused-ring (bicyclic) bond motifs is 1. The first kappa shape index (κ1) is 19.4. The first-order valence-corrected chi connectivity index (χ1v) is 8.50. The Hall–Kier alpha value is -1.91. The number of benzene rings is 2. The summed E-state index contributed by atoms with van der Waals surface area (Å²) < 4.78 is 10.9. The summed E-state index contributed by atoms with van der Waals surface area (Å²) in [6.07, 6.45) is 3.16. The van der Waals surface area contributed by atoms with Crippen molar-refractivity contribution in [2.24, 2.45) is 0 Å². The van der Waals surface area contributed by atoms with Crippen LogP contribution in [0.4, 0.5) is 5.69 Å². The number of halogens is 1. The molecule has 0 fully saturated rings. The summed E-state index contributed by atoms with van der Waals surface area (Å²) in [6, 6.07) is 12.5. The second-order valence-electron chi connectivity index (χ2n) is 6.31. The summed E-state index contributed by atoms with van der Waals surface area (Å²) in [6.45, 7) is 3.24. The number of anilines is 1. The highest BCUT2D eigenvalue weighted by Gasteiger charge is 2.17. The number of nitrogens with two attached hydrogens (primary N) is 1. The van der Waals surface area contributed by atoms with Gasteiger partial charge in [-0.2, -0.15) is 0 Å². The van der Waals surface area contributed by atoms with Crippen LogP contribution in [0.1, 0.15) is 16.7 Å². The Bertz CT molecular complexity index is 654. The van der Waals surface area contributed by atoms with Gasteiger partial charge in [0.25, 0.3) is 0 Å². The fourth-order valence-electron chi connectivity index (χ4n) is 3.29. The van der Waals surface area contributed by atoms with Crippen LogP contribution in [0.25, 0.3) is 0 Å². The quantitative estimate of drug-likeness (QED) is 0.828. The van der Waals surface area contributed by atoms with Gasteiger partial charge in [0.05, 0.1) is 14.2 Å². The number of rotatable bonds is 5. The smallest absolute Gasteiger partial charge is 0.161 e. The van der Waals surface area contributed by atoms with Gasteiger partial charge >= 0.3 is 0 Å². The number of nitrogen functional groups attached to an aromatic ring is 1. The number of nitrogens with zero attached hydrogens (tertiary/aromatic N) is 1. The standard InChI is InChI=1S/C20H26N2O2.ClH/c1-23-19-13-16-8-11-22(12-9-17(16)14-20(19)24-2)10-7-15-3-5-18(21)6-4-15;/h3-6,13-14H,7-12,21H2,1-2H3;1H. The molecule has 1 heterocycles. The van der Waals surface area contributed by atoms with Crippen molar-refractivity contribution in [2.45, 2.75) is 19.3 Å². The maximum Gasteiger partial charge on any atom is 0.161 e. The average molecular weight is 363 g/mol. The zero-order chi connectivity index (χ0) is 16.9. The molecule has 4 nitrogen and oxygen atoms in total. The molecule has 0 spiro atoms. The van der Waals surface area contributed by atoms with Crippen LogP contribution in [-0.2, 0) is 19.3 Å². The lowest BCUT2D eigenvalue weighted by atomic mass is 10.0. The molecule has 0 atom stereocenters. The van der Waals surface area contributed by atoms with E-state index in [4.69, 9.17) is 15.2 Å². The van der Waals surface area contributed by atoms with E-state index in [9.17, 15) is 0 Å². The van der Waals surface area contributed by atoms with E-state index < -0.39 is 0 Å². The number of ether oxygens (including phenoxy) is 2. The van der Waals surface area contributed by atoms with Crippen LogP contribution in [-0.4, -0.2) is 38.8 Å². The number of hydrogen-bond acceptors (Lipinski definition) is 4. The SMILES string of the molecule is COc1cc2c(cc1OC)CCN(CCc1ccc(N)cc1)CC2.Cl.